The number of hydrogen-bond donors (Lipinski definition) is 0. The van der Waals surface area contributed by atoms with E-state index in [4.69, 9.17) is 9.15 Å². The van der Waals surface area contributed by atoms with Crippen molar-refractivity contribution in [3.63, 3.8) is 0 Å². The van der Waals surface area contributed by atoms with Crippen LogP contribution in [0.4, 0.5) is 0 Å². The lowest BCUT2D eigenvalue weighted by Gasteiger charge is -2.05. The fourth-order valence-electron chi connectivity index (χ4n) is 2.92. The van der Waals surface area contributed by atoms with Crippen molar-refractivity contribution >= 4 is 11.8 Å². The van der Waals surface area contributed by atoms with E-state index in [1.807, 2.05) is 43.3 Å². The Morgan fingerprint density at radius 2 is 1.70 bits per heavy atom. The molecule has 0 N–H and O–H groups in total. The molecule has 156 valence electrons. The summed E-state index contributed by atoms with van der Waals surface area (Å²) in [5.41, 5.74) is 3.72. The number of ketones is 1. The molecule has 0 aliphatic heterocycles. The molecule has 0 amide bonds. The van der Waals surface area contributed by atoms with E-state index in [0.29, 0.717) is 17.3 Å². The van der Waals surface area contributed by atoms with Crippen molar-refractivity contribution in [1.29, 1.82) is 0 Å². The molecule has 6 heteroatoms. The molecule has 0 radical (unpaired) electrons. The molecule has 2 aromatic carbocycles. The van der Waals surface area contributed by atoms with Crippen molar-refractivity contribution in [3.8, 4) is 11.5 Å². The number of aromatic nitrogens is 2. The van der Waals surface area contributed by atoms with Gasteiger partial charge in [-0.15, -0.1) is 10.2 Å². The van der Waals surface area contributed by atoms with Crippen molar-refractivity contribution in [2.75, 3.05) is 6.61 Å². The molecule has 1 aromatic heterocycles. The van der Waals surface area contributed by atoms with E-state index in [0.717, 1.165) is 30.4 Å². The molecule has 0 fully saturated rings. The van der Waals surface area contributed by atoms with Crippen LogP contribution in [-0.4, -0.2) is 28.6 Å². The van der Waals surface area contributed by atoms with Gasteiger partial charge in [0.25, 0.3) is 0 Å². The maximum atomic E-state index is 12.2. The van der Waals surface area contributed by atoms with E-state index in [1.165, 1.54) is 5.56 Å². The molecule has 3 aromatic rings. The summed E-state index contributed by atoms with van der Waals surface area (Å²) >= 11 is 0. The summed E-state index contributed by atoms with van der Waals surface area (Å²) in [6.07, 6.45) is 3.59. The first kappa shape index (κ1) is 21.4. The van der Waals surface area contributed by atoms with Crippen LogP contribution in [0.1, 0.15) is 53.6 Å². The highest BCUT2D eigenvalue weighted by Crippen LogP contribution is 2.18. The standard InChI is InChI=1S/C24H26N2O4/c1-3-4-5-18-8-12-19(13-9-18)21(27)16-29-23(28)15-14-22-25-26-24(30-22)20-10-6-17(2)7-11-20/h6-13H,3-5,14-16H2,1-2H3. The zero-order chi connectivity index (χ0) is 21.3. The maximum absolute atomic E-state index is 12.2. The largest absolute Gasteiger partial charge is 0.457 e. The minimum atomic E-state index is -0.474. The van der Waals surface area contributed by atoms with Crippen LogP contribution in [0.15, 0.2) is 52.9 Å². The molecule has 30 heavy (non-hydrogen) atoms. The smallest absolute Gasteiger partial charge is 0.306 e. The average Bonchev–Trinajstić information content (AvgIpc) is 3.24. The number of hydrogen-bond acceptors (Lipinski definition) is 6. The molecular weight excluding hydrogens is 380 g/mol. The lowest BCUT2D eigenvalue weighted by molar-refractivity contribution is -0.142. The first-order valence-corrected chi connectivity index (χ1v) is 10.2. The number of ether oxygens (including phenoxy) is 1. The molecule has 3 rings (SSSR count). The lowest BCUT2D eigenvalue weighted by atomic mass is 10.0. The van der Waals surface area contributed by atoms with Crippen LogP contribution in [0, 0.1) is 6.92 Å². The zero-order valence-corrected chi connectivity index (χ0v) is 17.4. The van der Waals surface area contributed by atoms with Crippen LogP contribution in [-0.2, 0) is 22.4 Å². The lowest BCUT2D eigenvalue weighted by Crippen LogP contribution is -2.14. The summed E-state index contributed by atoms with van der Waals surface area (Å²) in [5.74, 6) is 0.0790. The van der Waals surface area contributed by atoms with Gasteiger partial charge in [0.05, 0.1) is 6.42 Å². The molecule has 0 saturated heterocycles. The van der Waals surface area contributed by atoms with Gasteiger partial charge in [-0.3, -0.25) is 9.59 Å². The molecular formula is C24H26N2O4. The number of unbranched alkanes of at least 4 members (excludes halogenated alkanes) is 1. The Bertz CT molecular complexity index is 975. The summed E-state index contributed by atoms with van der Waals surface area (Å²) in [6.45, 7) is 3.88. The molecule has 0 aliphatic rings. The number of Topliss-reactive ketones (excluding diaryl/α,β-unsaturated/α-hetero) is 1. The Labute approximate surface area is 176 Å². The van der Waals surface area contributed by atoms with E-state index in [9.17, 15) is 9.59 Å². The fraction of sp³-hybridized carbons (Fsp3) is 0.333. The van der Waals surface area contributed by atoms with Crippen LogP contribution in [0.2, 0.25) is 0 Å². The van der Waals surface area contributed by atoms with Gasteiger partial charge in [-0.05, 0) is 37.5 Å². The van der Waals surface area contributed by atoms with Gasteiger partial charge in [-0.25, -0.2) is 0 Å². The highest BCUT2D eigenvalue weighted by Gasteiger charge is 2.13. The van der Waals surface area contributed by atoms with Crippen molar-refractivity contribution in [2.24, 2.45) is 0 Å². The predicted molar refractivity (Wildman–Crippen MR) is 113 cm³/mol. The normalized spacial score (nSPS) is 10.7. The van der Waals surface area contributed by atoms with Crippen molar-refractivity contribution in [3.05, 3.63) is 71.1 Å². The number of carbonyl (C=O) groups is 2. The number of benzene rings is 2. The third-order valence-corrected chi connectivity index (χ3v) is 4.77. The highest BCUT2D eigenvalue weighted by molar-refractivity contribution is 5.97. The Morgan fingerprint density at radius 1 is 0.967 bits per heavy atom. The number of carbonyl (C=O) groups excluding carboxylic acids is 2. The number of nitrogens with zero attached hydrogens (tertiary/aromatic N) is 2. The molecule has 0 saturated carbocycles. The summed E-state index contributed by atoms with van der Waals surface area (Å²) in [5, 5.41) is 7.98. The topological polar surface area (TPSA) is 82.3 Å². The van der Waals surface area contributed by atoms with Crippen molar-refractivity contribution in [1.82, 2.24) is 10.2 Å². The molecule has 0 spiro atoms. The fourth-order valence-corrected chi connectivity index (χ4v) is 2.92. The first-order chi connectivity index (χ1) is 14.5. The van der Waals surface area contributed by atoms with Crippen LogP contribution in [0.3, 0.4) is 0 Å². The number of esters is 1. The number of rotatable bonds is 10. The monoisotopic (exact) mass is 406 g/mol. The Morgan fingerprint density at radius 3 is 2.40 bits per heavy atom. The van der Waals surface area contributed by atoms with Gasteiger partial charge in [0.2, 0.25) is 11.8 Å². The second-order valence-corrected chi connectivity index (χ2v) is 7.25. The van der Waals surface area contributed by atoms with Gasteiger partial charge < -0.3 is 9.15 Å². The van der Waals surface area contributed by atoms with Crippen LogP contribution in [0.25, 0.3) is 11.5 Å². The molecule has 0 atom stereocenters. The molecule has 0 aliphatic carbocycles. The Hall–Kier alpha value is -3.28. The van der Waals surface area contributed by atoms with Gasteiger partial charge in [0.1, 0.15) is 0 Å². The van der Waals surface area contributed by atoms with Gasteiger partial charge in [-0.1, -0.05) is 55.3 Å². The second-order valence-electron chi connectivity index (χ2n) is 7.25. The second kappa shape index (κ2) is 10.5. The number of aryl methyl sites for hydroxylation is 3. The van der Waals surface area contributed by atoms with Crippen LogP contribution >= 0.6 is 0 Å². The Balaban J connectivity index is 1.43. The molecule has 6 nitrogen and oxygen atoms in total. The zero-order valence-electron chi connectivity index (χ0n) is 17.4. The minimum Gasteiger partial charge on any atom is -0.457 e. The maximum Gasteiger partial charge on any atom is 0.306 e. The predicted octanol–water partition coefficient (Wildman–Crippen LogP) is 4.75. The van der Waals surface area contributed by atoms with Gasteiger partial charge in [0.15, 0.2) is 12.4 Å². The minimum absolute atomic E-state index is 0.0682. The third kappa shape index (κ3) is 6.11. The average molecular weight is 406 g/mol. The van der Waals surface area contributed by atoms with Crippen LogP contribution in [0.5, 0.6) is 0 Å². The SMILES string of the molecule is CCCCc1ccc(C(=O)COC(=O)CCc2nnc(-c3ccc(C)cc3)o2)cc1. The first-order valence-electron chi connectivity index (χ1n) is 10.2. The molecule has 1 heterocycles. The third-order valence-electron chi connectivity index (χ3n) is 4.77. The van der Waals surface area contributed by atoms with E-state index in [1.54, 1.807) is 12.1 Å². The van der Waals surface area contributed by atoms with Gasteiger partial charge >= 0.3 is 5.97 Å². The summed E-state index contributed by atoms with van der Waals surface area (Å²) in [4.78, 5) is 24.2. The van der Waals surface area contributed by atoms with E-state index < -0.39 is 5.97 Å². The van der Waals surface area contributed by atoms with Gasteiger partial charge in [0, 0.05) is 17.5 Å². The van der Waals surface area contributed by atoms with Crippen LogP contribution < -0.4 is 0 Å². The van der Waals surface area contributed by atoms with E-state index in [-0.39, 0.29) is 25.2 Å². The van der Waals surface area contributed by atoms with E-state index in [2.05, 4.69) is 17.1 Å². The summed E-state index contributed by atoms with van der Waals surface area (Å²) in [6, 6.07) is 15.2. The Kier molecular flexibility index (Phi) is 7.49. The highest BCUT2D eigenvalue weighted by atomic mass is 16.5. The van der Waals surface area contributed by atoms with E-state index >= 15 is 0 Å². The quantitative estimate of drug-likeness (QED) is 0.357. The summed E-state index contributed by atoms with van der Waals surface area (Å²) in [7, 11) is 0. The molecule has 0 bridgehead atoms. The van der Waals surface area contributed by atoms with Crippen molar-refractivity contribution < 1.29 is 18.7 Å². The van der Waals surface area contributed by atoms with Crippen molar-refractivity contribution in [2.45, 2.75) is 46.0 Å². The molecule has 0 unspecified atom stereocenters. The van der Waals surface area contributed by atoms with Gasteiger partial charge in [-0.2, -0.15) is 0 Å². The summed E-state index contributed by atoms with van der Waals surface area (Å²) < 4.78 is 10.7.